The average Bonchev–Trinajstić information content (AvgIpc) is 2.84. The number of carbonyl (C=O) groups excluding carboxylic acids is 1. The van der Waals surface area contributed by atoms with Crippen molar-refractivity contribution in [3.8, 4) is 5.75 Å². The van der Waals surface area contributed by atoms with Gasteiger partial charge in [0.15, 0.2) is 0 Å². The highest BCUT2D eigenvalue weighted by Gasteiger charge is 2.30. The van der Waals surface area contributed by atoms with Gasteiger partial charge in [0.05, 0.1) is 5.70 Å². The van der Waals surface area contributed by atoms with Crippen LogP contribution in [0.15, 0.2) is 24.3 Å². The molecule has 0 aromatic heterocycles. The summed E-state index contributed by atoms with van der Waals surface area (Å²) in [6, 6.07) is 6.20. The van der Waals surface area contributed by atoms with Crippen LogP contribution in [0.25, 0.3) is 5.70 Å². The van der Waals surface area contributed by atoms with E-state index in [4.69, 9.17) is 9.47 Å². The number of carbonyl (C=O) groups is 1. The van der Waals surface area contributed by atoms with E-state index in [9.17, 15) is 4.79 Å². The summed E-state index contributed by atoms with van der Waals surface area (Å²) in [5, 5.41) is 0. The third-order valence-electron chi connectivity index (χ3n) is 4.30. The van der Waals surface area contributed by atoms with E-state index in [1.54, 1.807) is 4.90 Å². The van der Waals surface area contributed by atoms with E-state index >= 15 is 0 Å². The summed E-state index contributed by atoms with van der Waals surface area (Å²) in [5.41, 5.74) is 2.72. The first kappa shape index (κ1) is 16.9. The van der Waals surface area contributed by atoms with Gasteiger partial charge in [-0.05, 0) is 69.4 Å². The lowest BCUT2D eigenvalue weighted by atomic mass is 9.97. The van der Waals surface area contributed by atoms with Crippen molar-refractivity contribution in [2.75, 3.05) is 6.54 Å². The topological polar surface area (TPSA) is 38.8 Å². The highest BCUT2D eigenvalue weighted by Crippen LogP contribution is 2.34. The maximum absolute atomic E-state index is 12.7. The van der Waals surface area contributed by atoms with Gasteiger partial charge in [0.1, 0.15) is 17.5 Å². The second-order valence-corrected chi connectivity index (χ2v) is 7.98. The van der Waals surface area contributed by atoms with Gasteiger partial charge in [-0.1, -0.05) is 13.0 Å². The summed E-state index contributed by atoms with van der Waals surface area (Å²) in [4.78, 5) is 14.4. The number of allylic oxidation sites excluding steroid dienone is 1. The largest absolute Gasteiger partial charge is 0.490 e. The van der Waals surface area contributed by atoms with E-state index in [-0.39, 0.29) is 12.2 Å². The number of hydrogen-bond acceptors (Lipinski definition) is 3. The van der Waals surface area contributed by atoms with Crippen molar-refractivity contribution in [3.63, 3.8) is 0 Å². The molecule has 1 amide bonds. The van der Waals surface area contributed by atoms with Gasteiger partial charge in [-0.25, -0.2) is 4.79 Å². The first-order valence-electron chi connectivity index (χ1n) is 8.73. The lowest BCUT2D eigenvalue weighted by molar-refractivity contribution is 0.0327. The molecule has 0 saturated heterocycles. The van der Waals surface area contributed by atoms with Gasteiger partial charge in [-0.15, -0.1) is 0 Å². The molecule has 2 aliphatic rings. The van der Waals surface area contributed by atoms with Crippen molar-refractivity contribution >= 4 is 11.8 Å². The molecule has 2 aliphatic heterocycles. The summed E-state index contributed by atoms with van der Waals surface area (Å²) in [5.74, 6) is 1.39. The van der Waals surface area contributed by atoms with Crippen molar-refractivity contribution in [1.29, 1.82) is 0 Å². The van der Waals surface area contributed by atoms with Gasteiger partial charge >= 0.3 is 6.09 Å². The Bertz CT molecular complexity index is 672. The zero-order valence-electron chi connectivity index (χ0n) is 15.3. The standard InChI is InChI=1S/C20H27NO3/c1-13-6-8-17(21(12-13)19(22)24-20(3,4)5)15-7-9-18-16(11-15)10-14(2)23-18/h7-9,11,13-14H,6,10,12H2,1-5H3. The van der Waals surface area contributed by atoms with Gasteiger partial charge in [0.25, 0.3) is 0 Å². The first-order chi connectivity index (χ1) is 11.2. The molecule has 0 fully saturated rings. The van der Waals surface area contributed by atoms with Crippen molar-refractivity contribution in [3.05, 3.63) is 35.4 Å². The highest BCUT2D eigenvalue weighted by molar-refractivity contribution is 5.83. The lowest BCUT2D eigenvalue weighted by Gasteiger charge is -2.34. The summed E-state index contributed by atoms with van der Waals surface area (Å²) in [6.45, 7) is 10.6. The Balaban J connectivity index is 1.90. The molecule has 3 rings (SSSR count). The maximum Gasteiger partial charge on any atom is 0.414 e. The molecule has 2 heterocycles. The molecule has 1 aromatic carbocycles. The van der Waals surface area contributed by atoms with Gasteiger partial charge in [-0.2, -0.15) is 0 Å². The second-order valence-electron chi connectivity index (χ2n) is 7.98. The molecule has 0 N–H and O–H groups in total. The second kappa shape index (κ2) is 6.15. The van der Waals surface area contributed by atoms with Crippen LogP contribution in [0.1, 0.15) is 52.2 Å². The van der Waals surface area contributed by atoms with E-state index in [0.29, 0.717) is 12.5 Å². The van der Waals surface area contributed by atoms with Crippen LogP contribution in [0.2, 0.25) is 0 Å². The molecule has 1 aromatic rings. The van der Waals surface area contributed by atoms with E-state index in [1.165, 1.54) is 5.56 Å². The number of hydrogen-bond donors (Lipinski definition) is 0. The van der Waals surface area contributed by atoms with Crippen molar-refractivity contribution in [1.82, 2.24) is 4.90 Å². The summed E-state index contributed by atoms with van der Waals surface area (Å²) >= 11 is 0. The number of rotatable bonds is 1. The molecule has 0 spiro atoms. The van der Waals surface area contributed by atoms with E-state index in [0.717, 1.165) is 29.9 Å². The fourth-order valence-corrected chi connectivity index (χ4v) is 3.25. The molecule has 2 unspecified atom stereocenters. The van der Waals surface area contributed by atoms with E-state index in [1.807, 2.05) is 32.9 Å². The molecular weight excluding hydrogens is 302 g/mol. The predicted molar refractivity (Wildman–Crippen MR) is 94.9 cm³/mol. The average molecular weight is 329 g/mol. The molecule has 130 valence electrons. The van der Waals surface area contributed by atoms with Gasteiger partial charge < -0.3 is 9.47 Å². The van der Waals surface area contributed by atoms with Crippen LogP contribution in [0.3, 0.4) is 0 Å². The number of fused-ring (bicyclic) bond motifs is 1. The Morgan fingerprint density at radius 1 is 1.29 bits per heavy atom. The van der Waals surface area contributed by atoms with Crippen LogP contribution in [-0.2, 0) is 11.2 Å². The third kappa shape index (κ3) is 3.58. The Morgan fingerprint density at radius 2 is 2.04 bits per heavy atom. The molecule has 0 saturated carbocycles. The van der Waals surface area contributed by atoms with E-state index in [2.05, 4.69) is 26.0 Å². The maximum atomic E-state index is 12.7. The molecule has 24 heavy (non-hydrogen) atoms. The zero-order valence-corrected chi connectivity index (χ0v) is 15.3. The van der Waals surface area contributed by atoms with Gasteiger partial charge in [0.2, 0.25) is 0 Å². The monoisotopic (exact) mass is 329 g/mol. The summed E-state index contributed by atoms with van der Waals surface area (Å²) < 4.78 is 11.4. The smallest absolute Gasteiger partial charge is 0.414 e. The quantitative estimate of drug-likeness (QED) is 0.754. The Morgan fingerprint density at radius 3 is 2.75 bits per heavy atom. The van der Waals surface area contributed by atoms with Crippen LogP contribution in [0.5, 0.6) is 5.75 Å². The minimum absolute atomic E-state index is 0.220. The first-order valence-corrected chi connectivity index (χ1v) is 8.73. The number of ether oxygens (including phenoxy) is 2. The van der Waals surface area contributed by atoms with Crippen molar-refractivity contribution < 1.29 is 14.3 Å². The van der Waals surface area contributed by atoms with Crippen LogP contribution < -0.4 is 4.74 Å². The molecular formula is C20H27NO3. The van der Waals surface area contributed by atoms with Crippen LogP contribution in [-0.4, -0.2) is 29.2 Å². The fourth-order valence-electron chi connectivity index (χ4n) is 3.25. The van der Waals surface area contributed by atoms with Gasteiger partial charge in [-0.3, -0.25) is 4.90 Å². The van der Waals surface area contributed by atoms with Crippen LogP contribution >= 0.6 is 0 Å². The van der Waals surface area contributed by atoms with E-state index < -0.39 is 5.60 Å². The SMILES string of the molecule is CC1CC=C(c2ccc3c(c2)CC(C)O3)N(C(=O)OC(C)(C)C)C1. The molecule has 4 nitrogen and oxygen atoms in total. The van der Waals surface area contributed by atoms with Crippen LogP contribution in [0, 0.1) is 5.92 Å². The minimum Gasteiger partial charge on any atom is -0.490 e. The Labute approximate surface area is 144 Å². The van der Waals surface area contributed by atoms with Gasteiger partial charge in [0, 0.05) is 13.0 Å². The molecule has 4 heteroatoms. The molecule has 0 aliphatic carbocycles. The summed E-state index contributed by atoms with van der Waals surface area (Å²) in [7, 11) is 0. The third-order valence-corrected chi connectivity index (χ3v) is 4.30. The van der Waals surface area contributed by atoms with Crippen molar-refractivity contribution in [2.45, 2.75) is 59.2 Å². The molecule has 0 bridgehead atoms. The Kier molecular flexibility index (Phi) is 4.33. The minimum atomic E-state index is -0.496. The molecule has 0 radical (unpaired) electrons. The van der Waals surface area contributed by atoms with Crippen molar-refractivity contribution in [2.24, 2.45) is 5.92 Å². The number of nitrogens with zero attached hydrogens (tertiary/aromatic N) is 1. The lowest BCUT2D eigenvalue weighted by Crippen LogP contribution is -2.39. The molecule has 2 atom stereocenters. The summed E-state index contributed by atoms with van der Waals surface area (Å²) in [6.07, 6.45) is 3.99. The zero-order chi connectivity index (χ0) is 17.5. The van der Waals surface area contributed by atoms with Crippen LogP contribution in [0.4, 0.5) is 4.79 Å². The predicted octanol–water partition coefficient (Wildman–Crippen LogP) is 4.63. The number of benzene rings is 1. The normalized spacial score (nSPS) is 23.4. The fraction of sp³-hybridized carbons (Fsp3) is 0.550. The Hall–Kier alpha value is -1.97. The highest BCUT2D eigenvalue weighted by atomic mass is 16.6. The number of amides is 1.